The number of likely N-dealkylation sites (N-methyl/N-ethyl adjacent to an activating group) is 1. The number of hydrogen-bond acceptors (Lipinski definition) is 5. The number of methoxy groups -OCH3 is 3. The van der Waals surface area contributed by atoms with Crippen molar-refractivity contribution >= 4 is 0 Å². The molecule has 0 saturated carbocycles. The predicted octanol–water partition coefficient (Wildman–Crippen LogP) is -0.393. The fourth-order valence-electron chi connectivity index (χ4n) is 1.77. The molecule has 5 nitrogen and oxygen atoms in total. The minimum atomic E-state index is -0.149. The van der Waals surface area contributed by atoms with Crippen LogP contribution in [-0.2, 0) is 18.9 Å². The molecule has 0 aromatic carbocycles. The quantitative estimate of drug-likeness (QED) is 0.677. The molecular weight excluding hydrogens is 186 g/mol. The first-order chi connectivity index (χ1) is 6.78. The van der Waals surface area contributed by atoms with Crippen LogP contribution in [0.15, 0.2) is 0 Å². The minimum absolute atomic E-state index is 0.0745. The summed E-state index contributed by atoms with van der Waals surface area (Å²) in [6, 6.07) is 0. The van der Waals surface area contributed by atoms with Gasteiger partial charge < -0.3 is 18.9 Å². The zero-order chi connectivity index (χ0) is 10.6. The highest BCUT2D eigenvalue weighted by molar-refractivity contribution is 4.88. The molecule has 0 amide bonds. The molecule has 14 heavy (non-hydrogen) atoms. The standard InChI is InChI=1S/C9H19NO4/c1-10-9-8(13-4)7(12-3)6(11-2)5-14-9/h6-10H,5H2,1-4H3/t6-,7+,8+,9?/m0/s1. The lowest BCUT2D eigenvalue weighted by molar-refractivity contribution is -0.217. The Morgan fingerprint density at radius 2 is 1.71 bits per heavy atom. The molecular formula is C9H19NO4. The fraction of sp³-hybridized carbons (Fsp3) is 1.00. The van der Waals surface area contributed by atoms with Crippen molar-refractivity contribution in [3.05, 3.63) is 0 Å². The van der Waals surface area contributed by atoms with Gasteiger partial charge in [-0.25, -0.2) is 0 Å². The van der Waals surface area contributed by atoms with Crippen molar-refractivity contribution in [2.75, 3.05) is 35.0 Å². The molecule has 0 aromatic rings. The van der Waals surface area contributed by atoms with Crippen LogP contribution in [0.25, 0.3) is 0 Å². The van der Waals surface area contributed by atoms with Gasteiger partial charge in [-0.15, -0.1) is 0 Å². The van der Waals surface area contributed by atoms with E-state index >= 15 is 0 Å². The SMILES string of the molecule is CNC1OC[C@H](OC)[C@@H](OC)[C@H]1OC. The maximum absolute atomic E-state index is 5.53. The van der Waals surface area contributed by atoms with Gasteiger partial charge in [0.15, 0.2) is 0 Å². The molecule has 0 radical (unpaired) electrons. The molecule has 4 atom stereocenters. The molecule has 0 spiro atoms. The van der Waals surface area contributed by atoms with Crippen molar-refractivity contribution in [2.45, 2.75) is 24.5 Å². The first-order valence-electron chi connectivity index (χ1n) is 4.65. The highest BCUT2D eigenvalue weighted by Gasteiger charge is 2.40. The van der Waals surface area contributed by atoms with Crippen LogP contribution in [0, 0.1) is 0 Å². The first-order valence-corrected chi connectivity index (χ1v) is 4.65. The normalized spacial score (nSPS) is 38.6. The highest BCUT2D eigenvalue weighted by atomic mass is 16.6. The maximum atomic E-state index is 5.53. The van der Waals surface area contributed by atoms with E-state index in [9.17, 15) is 0 Å². The van der Waals surface area contributed by atoms with Crippen LogP contribution >= 0.6 is 0 Å². The van der Waals surface area contributed by atoms with E-state index in [1.165, 1.54) is 0 Å². The molecule has 1 N–H and O–H groups in total. The zero-order valence-corrected chi connectivity index (χ0v) is 9.15. The smallest absolute Gasteiger partial charge is 0.137 e. The van der Waals surface area contributed by atoms with Gasteiger partial charge in [0.05, 0.1) is 6.61 Å². The number of rotatable bonds is 4. The summed E-state index contributed by atoms with van der Waals surface area (Å²) in [6.07, 6.45) is -0.467. The topological polar surface area (TPSA) is 49.0 Å². The summed E-state index contributed by atoms with van der Waals surface area (Å²) in [5.41, 5.74) is 0. The van der Waals surface area contributed by atoms with Crippen molar-refractivity contribution in [2.24, 2.45) is 0 Å². The van der Waals surface area contributed by atoms with Gasteiger partial charge >= 0.3 is 0 Å². The Morgan fingerprint density at radius 3 is 2.14 bits per heavy atom. The molecule has 0 aromatic heterocycles. The van der Waals surface area contributed by atoms with Gasteiger partial charge in [-0.2, -0.15) is 0 Å². The van der Waals surface area contributed by atoms with Crippen LogP contribution < -0.4 is 5.32 Å². The van der Waals surface area contributed by atoms with E-state index in [2.05, 4.69) is 5.32 Å². The zero-order valence-electron chi connectivity index (χ0n) is 9.15. The summed E-state index contributed by atoms with van der Waals surface area (Å²) in [7, 11) is 6.77. The Balaban J connectivity index is 2.67. The third-order valence-electron chi connectivity index (χ3n) is 2.56. The molecule has 1 rings (SSSR count). The van der Waals surface area contributed by atoms with Crippen LogP contribution in [0.3, 0.4) is 0 Å². The van der Waals surface area contributed by atoms with E-state index < -0.39 is 0 Å². The lowest BCUT2D eigenvalue weighted by Gasteiger charge is -2.40. The Bertz CT molecular complexity index is 149. The van der Waals surface area contributed by atoms with Crippen molar-refractivity contribution in [3.8, 4) is 0 Å². The second kappa shape index (κ2) is 5.63. The number of hydrogen-bond donors (Lipinski definition) is 1. The van der Waals surface area contributed by atoms with Crippen LogP contribution in [0.1, 0.15) is 0 Å². The second-order valence-electron chi connectivity index (χ2n) is 3.22. The van der Waals surface area contributed by atoms with Crippen molar-refractivity contribution in [1.29, 1.82) is 0 Å². The number of ether oxygens (including phenoxy) is 4. The fourth-order valence-corrected chi connectivity index (χ4v) is 1.77. The average molecular weight is 205 g/mol. The molecule has 1 heterocycles. The Hall–Kier alpha value is -0.200. The van der Waals surface area contributed by atoms with Crippen molar-refractivity contribution in [3.63, 3.8) is 0 Å². The molecule has 1 aliphatic rings. The molecule has 1 aliphatic heterocycles. The Labute approximate surface area is 84.7 Å². The maximum Gasteiger partial charge on any atom is 0.137 e. The summed E-state index contributed by atoms with van der Waals surface area (Å²) in [5.74, 6) is 0. The molecule has 0 aliphatic carbocycles. The lowest BCUT2D eigenvalue weighted by Crippen LogP contribution is -2.59. The van der Waals surface area contributed by atoms with Crippen LogP contribution in [0.5, 0.6) is 0 Å². The van der Waals surface area contributed by atoms with Gasteiger partial charge in [0.1, 0.15) is 24.5 Å². The minimum Gasteiger partial charge on any atom is -0.376 e. The largest absolute Gasteiger partial charge is 0.376 e. The van der Waals surface area contributed by atoms with E-state index in [-0.39, 0.29) is 24.5 Å². The summed E-state index contributed by atoms with van der Waals surface area (Å²) in [4.78, 5) is 0. The third-order valence-corrected chi connectivity index (χ3v) is 2.56. The average Bonchev–Trinajstić information content (AvgIpc) is 2.26. The van der Waals surface area contributed by atoms with Gasteiger partial charge in [0.2, 0.25) is 0 Å². The first kappa shape index (κ1) is 11.9. The monoisotopic (exact) mass is 205 g/mol. The van der Waals surface area contributed by atoms with Gasteiger partial charge in [-0.05, 0) is 7.05 Å². The van der Waals surface area contributed by atoms with E-state index in [1.54, 1.807) is 21.3 Å². The third kappa shape index (κ3) is 2.24. The van der Waals surface area contributed by atoms with Crippen LogP contribution in [-0.4, -0.2) is 59.5 Å². The molecule has 1 fully saturated rings. The van der Waals surface area contributed by atoms with Gasteiger partial charge in [0.25, 0.3) is 0 Å². The van der Waals surface area contributed by atoms with Crippen molar-refractivity contribution in [1.82, 2.24) is 5.32 Å². The Morgan fingerprint density at radius 1 is 1.07 bits per heavy atom. The lowest BCUT2D eigenvalue weighted by atomic mass is 10.0. The van der Waals surface area contributed by atoms with E-state index in [1.807, 2.05) is 7.05 Å². The van der Waals surface area contributed by atoms with Gasteiger partial charge in [-0.1, -0.05) is 0 Å². The number of nitrogens with one attached hydrogen (secondary N) is 1. The summed E-state index contributed by atoms with van der Waals surface area (Å²) >= 11 is 0. The van der Waals surface area contributed by atoms with Crippen molar-refractivity contribution < 1.29 is 18.9 Å². The Kier molecular flexibility index (Phi) is 4.77. The predicted molar refractivity (Wildman–Crippen MR) is 51.2 cm³/mol. The molecule has 5 heteroatoms. The molecule has 84 valence electrons. The van der Waals surface area contributed by atoms with Crippen LogP contribution in [0.2, 0.25) is 0 Å². The molecule has 1 unspecified atom stereocenters. The molecule has 1 saturated heterocycles. The highest BCUT2D eigenvalue weighted by Crippen LogP contribution is 2.20. The van der Waals surface area contributed by atoms with Gasteiger partial charge in [0, 0.05) is 21.3 Å². The van der Waals surface area contributed by atoms with E-state index in [0.717, 1.165) is 0 Å². The summed E-state index contributed by atoms with van der Waals surface area (Å²) in [6.45, 7) is 0.514. The second-order valence-corrected chi connectivity index (χ2v) is 3.22. The van der Waals surface area contributed by atoms with Gasteiger partial charge in [-0.3, -0.25) is 5.32 Å². The molecule has 0 bridgehead atoms. The van der Waals surface area contributed by atoms with Crippen LogP contribution in [0.4, 0.5) is 0 Å². The summed E-state index contributed by atoms with van der Waals surface area (Å²) < 4.78 is 21.5. The summed E-state index contributed by atoms with van der Waals surface area (Å²) in [5, 5.41) is 3.03. The van der Waals surface area contributed by atoms with E-state index in [0.29, 0.717) is 6.61 Å². The van der Waals surface area contributed by atoms with E-state index in [4.69, 9.17) is 18.9 Å².